The van der Waals surface area contributed by atoms with E-state index >= 15 is 0 Å². The zero-order valence-electron chi connectivity index (χ0n) is 23.0. The van der Waals surface area contributed by atoms with Crippen LogP contribution in [0.25, 0.3) is 10.9 Å². The lowest BCUT2D eigenvalue weighted by Crippen LogP contribution is -2.50. The van der Waals surface area contributed by atoms with E-state index < -0.39 is 0 Å². The van der Waals surface area contributed by atoms with E-state index in [2.05, 4.69) is 84.8 Å². The lowest BCUT2D eigenvalue weighted by Gasteiger charge is -2.37. The van der Waals surface area contributed by atoms with Crippen LogP contribution in [-0.4, -0.2) is 49.3 Å². The van der Waals surface area contributed by atoms with Gasteiger partial charge in [-0.2, -0.15) is 0 Å². The van der Waals surface area contributed by atoms with E-state index in [1.54, 1.807) is 0 Å². The van der Waals surface area contributed by atoms with Crippen LogP contribution >= 0.6 is 0 Å². The summed E-state index contributed by atoms with van der Waals surface area (Å²) in [7, 11) is 0. The van der Waals surface area contributed by atoms with Gasteiger partial charge in [-0.15, -0.1) is 0 Å². The van der Waals surface area contributed by atoms with Crippen LogP contribution in [0.2, 0.25) is 0 Å². The number of nitrogens with two attached hydrogens (primary N) is 1. The van der Waals surface area contributed by atoms with Crippen LogP contribution in [0.5, 0.6) is 0 Å². The molecule has 1 aromatic heterocycles. The Bertz CT molecular complexity index is 990. The van der Waals surface area contributed by atoms with Crippen molar-refractivity contribution in [2.75, 3.05) is 55.3 Å². The number of anilines is 3. The van der Waals surface area contributed by atoms with Crippen molar-refractivity contribution in [2.24, 2.45) is 11.3 Å². The van der Waals surface area contributed by atoms with Gasteiger partial charge in [0.05, 0.1) is 11.2 Å². The molecular formula is C29H48N6. The molecule has 35 heavy (non-hydrogen) atoms. The summed E-state index contributed by atoms with van der Waals surface area (Å²) in [5, 5.41) is 8.39. The Morgan fingerprint density at radius 1 is 1.20 bits per heavy atom. The molecule has 1 aliphatic rings. The summed E-state index contributed by atoms with van der Waals surface area (Å²) in [4.78, 5) is 9.66. The van der Waals surface area contributed by atoms with Crippen LogP contribution in [0.1, 0.15) is 65.9 Å². The Balaban J connectivity index is 1.66. The van der Waals surface area contributed by atoms with Gasteiger partial charge < -0.3 is 21.3 Å². The molecule has 0 saturated carbocycles. The van der Waals surface area contributed by atoms with Crippen LogP contribution in [0.4, 0.5) is 17.2 Å². The Morgan fingerprint density at radius 2 is 1.91 bits per heavy atom. The Morgan fingerprint density at radius 3 is 2.57 bits per heavy atom. The molecule has 0 spiro atoms. The maximum absolute atomic E-state index is 6.25. The van der Waals surface area contributed by atoms with Crippen molar-refractivity contribution < 1.29 is 0 Å². The fraction of sp³-hybridized carbons (Fsp3) is 0.621. The third-order valence-electron chi connectivity index (χ3n) is 7.98. The molecule has 2 heterocycles. The summed E-state index contributed by atoms with van der Waals surface area (Å²) in [6.07, 6.45) is 4.47. The van der Waals surface area contributed by atoms with E-state index in [0.29, 0.717) is 11.2 Å². The highest BCUT2D eigenvalue weighted by molar-refractivity contribution is 5.97. The summed E-state index contributed by atoms with van der Waals surface area (Å²) in [5.74, 6) is 1.30. The van der Waals surface area contributed by atoms with Crippen molar-refractivity contribution in [3.63, 3.8) is 0 Å². The molecule has 0 unspecified atom stereocenters. The lowest BCUT2D eigenvalue weighted by atomic mass is 9.78. The van der Waals surface area contributed by atoms with E-state index in [-0.39, 0.29) is 0 Å². The van der Waals surface area contributed by atoms with E-state index in [0.717, 1.165) is 92.4 Å². The molecule has 0 bridgehead atoms. The molecule has 0 aliphatic carbocycles. The number of nitrogens with zero attached hydrogens (tertiary/aromatic N) is 3. The molecule has 1 saturated heterocycles. The summed E-state index contributed by atoms with van der Waals surface area (Å²) in [5.41, 5.74) is 11.8. The molecule has 6 heteroatoms. The second-order valence-electron chi connectivity index (χ2n) is 11.0. The molecule has 1 fully saturated rings. The van der Waals surface area contributed by atoms with E-state index in [9.17, 15) is 0 Å². The second-order valence-corrected chi connectivity index (χ2v) is 11.0. The monoisotopic (exact) mass is 480 g/mol. The minimum atomic E-state index is 0.324. The predicted molar refractivity (Wildman–Crippen MR) is 153 cm³/mol. The number of hydrogen-bond donors (Lipinski definition) is 3. The van der Waals surface area contributed by atoms with Crippen LogP contribution in [0.3, 0.4) is 0 Å². The number of allylic oxidation sites excluding steroid dienone is 1. The third kappa shape index (κ3) is 6.89. The van der Waals surface area contributed by atoms with E-state index in [1.165, 1.54) is 12.1 Å². The van der Waals surface area contributed by atoms with Crippen LogP contribution in [0.15, 0.2) is 30.5 Å². The molecule has 1 aromatic carbocycles. The van der Waals surface area contributed by atoms with Gasteiger partial charge >= 0.3 is 0 Å². The number of unbranched alkanes of at least 4 members (excludes halogenated alkanes) is 1. The summed E-state index contributed by atoms with van der Waals surface area (Å²) >= 11 is 0. The van der Waals surface area contributed by atoms with Crippen molar-refractivity contribution in [2.45, 2.75) is 67.2 Å². The Labute approximate surface area is 213 Å². The average molecular weight is 481 g/mol. The summed E-state index contributed by atoms with van der Waals surface area (Å²) < 4.78 is 0. The van der Waals surface area contributed by atoms with Crippen molar-refractivity contribution >= 4 is 28.1 Å². The van der Waals surface area contributed by atoms with E-state index in [4.69, 9.17) is 5.73 Å². The highest BCUT2D eigenvalue weighted by Crippen LogP contribution is 2.34. The number of rotatable bonds is 12. The molecule has 2 aromatic rings. The quantitative estimate of drug-likeness (QED) is 0.347. The van der Waals surface area contributed by atoms with Crippen LogP contribution in [-0.2, 0) is 0 Å². The van der Waals surface area contributed by atoms with Gasteiger partial charge in [-0.3, -0.25) is 4.90 Å². The molecule has 1 aliphatic heterocycles. The predicted octanol–water partition coefficient (Wildman–Crippen LogP) is 5.98. The zero-order chi connectivity index (χ0) is 25.6. The smallest absolute Gasteiger partial charge is 0.129 e. The van der Waals surface area contributed by atoms with Crippen molar-refractivity contribution in [1.82, 2.24) is 15.2 Å². The van der Waals surface area contributed by atoms with Crippen LogP contribution in [0, 0.1) is 18.3 Å². The second kappa shape index (κ2) is 12.1. The highest BCUT2D eigenvalue weighted by atomic mass is 15.3. The van der Waals surface area contributed by atoms with Gasteiger partial charge in [0.1, 0.15) is 5.82 Å². The molecule has 0 radical (unpaired) electrons. The summed E-state index contributed by atoms with van der Waals surface area (Å²) in [6.45, 7) is 24.1. The maximum atomic E-state index is 6.25. The number of hydrogen-bond acceptors (Lipinski definition) is 6. The topological polar surface area (TPSA) is 69.5 Å². The first-order valence-corrected chi connectivity index (χ1v) is 13.5. The zero-order valence-corrected chi connectivity index (χ0v) is 23.0. The van der Waals surface area contributed by atoms with Crippen molar-refractivity contribution in [3.05, 3.63) is 36.0 Å². The van der Waals surface area contributed by atoms with E-state index in [1.807, 2.05) is 6.92 Å². The average Bonchev–Trinajstić information content (AvgIpc) is 2.85. The SMILES string of the molecule is C=C(CCCC)Nc1c(C)c(N)nc2ccc(N3CCN(CNCC(C)(C)[C@@H](C)CC)CC3)cc12. The molecule has 0 amide bonds. The number of fused-ring (bicyclic) bond motifs is 1. The number of pyridine rings is 1. The highest BCUT2D eigenvalue weighted by Gasteiger charge is 2.25. The molecule has 4 N–H and O–H groups in total. The van der Waals surface area contributed by atoms with Crippen molar-refractivity contribution in [1.29, 1.82) is 0 Å². The molecule has 1 atom stereocenters. The van der Waals surface area contributed by atoms with Crippen molar-refractivity contribution in [3.8, 4) is 0 Å². The van der Waals surface area contributed by atoms with Gasteiger partial charge in [-0.1, -0.05) is 54.0 Å². The van der Waals surface area contributed by atoms with Gasteiger partial charge in [0.25, 0.3) is 0 Å². The van der Waals surface area contributed by atoms with Gasteiger partial charge in [-0.05, 0) is 49.3 Å². The number of piperazine rings is 1. The maximum Gasteiger partial charge on any atom is 0.129 e. The Kier molecular flexibility index (Phi) is 9.42. The minimum Gasteiger partial charge on any atom is -0.383 e. The fourth-order valence-corrected chi connectivity index (χ4v) is 4.78. The first-order chi connectivity index (χ1) is 16.7. The number of nitrogen functional groups attached to an aromatic ring is 1. The minimum absolute atomic E-state index is 0.324. The lowest BCUT2D eigenvalue weighted by molar-refractivity contribution is 0.181. The Hall–Kier alpha value is -2.31. The first-order valence-electron chi connectivity index (χ1n) is 13.5. The van der Waals surface area contributed by atoms with Gasteiger partial charge in [0.15, 0.2) is 0 Å². The standard InChI is InChI=1S/C29H48N6/c1-8-10-11-22(4)32-27-23(5)28(30)33-26-13-12-24(18-25(26)27)35-16-14-34(15-17-35)20-31-19-29(6,7)21(3)9-2/h12-13,18,21,31H,4,8-11,14-17,19-20H2,1-3,5-7H3,(H3,30,32,33)/t21-/m0/s1. The fourth-order valence-electron chi connectivity index (χ4n) is 4.78. The molecule has 194 valence electrons. The normalized spacial score (nSPS) is 16.0. The summed E-state index contributed by atoms with van der Waals surface area (Å²) in [6, 6.07) is 6.56. The largest absolute Gasteiger partial charge is 0.383 e. The van der Waals surface area contributed by atoms with Crippen LogP contribution < -0.4 is 21.3 Å². The first kappa shape index (κ1) is 27.3. The van der Waals surface area contributed by atoms with Gasteiger partial charge in [0.2, 0.25) is 0 Å². The molecule has 6 nitrogen and oxygen atoms in total. The third-order valence-corrected chi connectivity index (χ3v) is 7.98. The van der Waals surface area contributed by atoms with Gasteiger partial charge in [-0.25, -0.2) is 4.98 Å². The molecule has 3 rings (SSSR count). The van der Waals surface area contributed by atoms with Gasteiger partial charge in [0, 0.05) is 61.7 Å². The number of nitrogens with one attached hydrogen (secondary N) is 2. The number of aromatic nitrogens is 1. The number of benzene rings is 1. The molecular weight excluding hydrogens is 432 g/mol.